The molecule has 5 amide bonds. The number of nitrogens with one attached hydrogen (secondary N) is 5. The van der Waals surface area contributed by atoms with Gasteiger partial charge < -0.3 is 40.4 Å². The van der Waals surface area contributed by atoms with Crippen LogP contribution in [-0.4, -0.2) is 115 Å². The van der Waals surface area contributed by atoms with Crippen molar-refractivity contribution in [2.24, 2.45) is 4.99 Å². The first-order valence-corrected chi connectivity index (χ1v) is 22.2. The number of ether oxygens (including phenoxy) is 3. The van der Waals surface area contributed by atoms with E-state index in [4.69, 9.17) is 30.8 Å². The van der Waals surface area contributed by atoms with Crippen LogP contribution in [0.4, 0.5) is 26.1 Å². The Hall–Kier alpha value is -7.03. The quantitative estimate of drug-likeness (QED) is 0.0519. The van der Waals surface area contributed by atoms with Crippen LogP contribution in [-0.2, 0) is 41.7 Å². The van der Waals surface area contributed by atoms with Crippen molar-refractivity contribution >= 4 is 64.2 Å². The standard InChI is InChI=1S/C48H46ClF2N9O8/c49-30-9-12-32-34(23-30)44(42-36(50)4-2-5-37(42)51)54-24-29-25-55-48(59-43(29)32)56-31-10-7-28(8-11-31)45(63)53-16-18-67-20-22-68-21-19-66-17-15-52-26-41(62)57-38-6-1-3-33-35(38)27-60(47(33)65)39-13-14-40(61)58-46(39)64/h1-12,23,25,39,52H,13-22,24,26-27H2,(H,53,63)(H,57,62)(H,55,56,59)(H,58,61,64). The minimum atomic E-state index is -0.743. The molecule has 0 spiro atoms. The van der Waals surface area contributed by atoms with Crippen LogP contribution in [0.3, 0.4) is 0 Å². The van der Waals surface area contributed by atoms with E-state index in [0.29, 0.717) is 95.1 Å². The summed E-state index contributed by atoms with van der Waals surface area (Å²) in [5, 5.41) is 14.5. The van der Waals surface area contributed by atoms with Gasteiger partial charge in [0.05, 0.1) is 69.7 Å². The van der Waals surface area contributed by atoms with E-state index in [9.17, 15) is 32.8 Å². The molecule has 5 N–H and O–H groups in total. The van der Waals surface area contributed by atoms with E-state index >= 15 is 0 Å². The number of fused-ring (bicyclic) bond motifs is 4. The molecule has 1 fully saturated rings. The van der Waals surface area contributed by atoms with Gasteiger partial charge in [0, 0.05) is 82.0 Å². The molecule has 1 saturated heterocycles. The third kappa shape index (κ3) is 11.4. The normalized spacial score (nSPS) is 15.2. The molecule has 0 aliphatic carbocycles. The number of hydrogen-bond acceptors (Lipinski definition) is 13. The summed E-state index contributed by atoms with van der Waals surface area (Å²) >= 11 is 6.34. The Morgan fingerprint density at radius 1 is 0.838 bits per heavy atom. The number of carbonyl (C=O) groups excluding carboxylic acids is 5. The van der Waals surface area contributed by atoms with Gasteiger partial charge in [0.2, 0.25) is 23.7 Å². The van der Waals surface area contributed by atoms with Crippen molar-refractivity contribution in [1.29, 1.82) is 0 Å². The van der Waals surface area contributed by atoms with Crippen LogP contribution in [0.15, 0.2) is 90.1 Å². The van der Waals surface area contributed by atoms with Crippen molar-refractivity contribution in [3.63, 3.8) is 0 Å². The van der Waals surface area contributed by atoms with Crippen LogP contribution in [0.1, 0.15) is 55.8 Å². The fraction of sp³-hybridized carbons (Fsp3) is 0.292. The summed E-state index contributed by atoms with van der Waals surface area (Å²) in [6.45, 7) is 2.93. The maximum absolute atomic E-state index is 14.9. The highest BCUT2D eigenvalue weighted by molar-refractivity contribution is 6.31. The van der Waals surface area contributed by atoms with E-state index in [0.717, 1.165) is 0 Å². The van der Waals surface area contributed by atoms with E-state index in [-0.39, 0.29) is 86.5 Å². The lowest BCUT2D eigenvalue weighted by Crippen LogP contribution is -2.52. The van der Waals surface area contributed by atoms with Crippen molar-refractivity contribution < 1.29 is 47.0 Å². The number of amides is 5. The molecule has 1 unspecified atom stereocenters. The van der Waals surface area contributed by atoms with E-state index in [1.165, 1.54) is 23.1 Å². The lowest BCUT2D eigenvalue weighted by molar-refractivity contribution is -0.137. The van der Waals surface area contributed by atoms with Gasteiger partial charge >= 0.3 is 0 Å². The molecule has 3 aliphatic heterocycles. The molecule has 4 aromatic carbocycles. The lowest BCUT2D eigenvalue weighted by atomic mass is 9.95. The maximum Gasteiger partial charge on any atom is 0.255 e. The zero-order valence-electron chi connectivity index (χ0n) is 36.5. The van der Waals surface area contributed by atoms with Crippen LogP contribution >= 0.6 is 11.6 Å². The van der Waals surface area contributed by atoms with Crippen molar-refractivity contribution in [2.45, 2.75) is 32.0 Å². The third-order valence-corrected chi connectivity index (χ3v) is 11.4. The molecule has 352 valence electrons. The van der Waals surface area contributed by atoms with Crippen LogP contribution in [0.25, 0.3) is 11.3 Å². The second kappa shape index (κ2) is 22.2. The number of aromatic nitrogens is 2. The van der Waals surface area contributed by atoms with Crippen LogP contribution in [0.5, 0.6) is 0 Å². The van der Waals surface area contributed by atoms with Gasteiger partial charge in [-0.2, -0.15) is 0 Å². The highest BCUT2D eigenvalue weighted by atomic mass is 35.5. The first-order valence-electron chi connectivity index (χ1n) is 21.8. The summed E-state index contributed by atoms with van der Waals surface area (Å²) in [6, 6.07) is 19.7. The number of imide groups is 1. The summed E-state index contributed by atoms with van der Waals surface area (Å²) in [5.41, 5.74) is 4.69. The first kappa shape index (κ1) is 47.5. The van der Waals surface area contributed by atoms with Crippen molar-refractivity contribution in [3.8, 4) is 11.3 Å². The predicted octanol–water partition coefficient (Wildman–Crippen LogP) is 4.94. The van der Waals surface area contributed by atoms with Gasteiger partial charge in [-0.3, -0.25) is 34.3 Å². The highest BCUT2D eigenvalue weighted by Gasteiger charge is 2.40. The Balaban J connectivity index is 0.678. The summed E-state index contributed by atoms with van der Waals surface area (Å²) in [5.74, 6) is -2.97. The van der Waals surface area contributed by atoms with E-state index in [1.54, 1.807) is 66.9 Å². The van der Waals surface area contributed by atoms with Gasteiger partial charge in [0.25, 0.3) is 11.8 Å². The highest BCUT2D eigenvalue weighted by Crippen LogP contribution is 2.35. The minimum absolute atomic E-state index is 0.0166. The topological polar surface area (TPSA) is 215 Å². The molecule has 20 heteroatoms. The van der Waals surface area contributed by atoms with Crippen molar-refractivity contribution in [1.82, 2.24) is 30.8 Å². The second-order valence-electron chi connectivity index (χ2n) is 15.8. The van der Waals surface area contributed by atoms with Crippen LogP contribution in [0, 0.1) is 11.6 Å². The Bertz CT molecular complexity index is 2740. The number of halogens is 3. The van der Waals surface area contributed by atoms with Gasteiger partial charge in [-0.25, -0.2) is 18.7 Å². The average molecular weight is 950 g/mol. The molecule has 3 aliphatic rings. The van der Waals surface area contributed by atoms with Crippen LogP contribution < -0.4 is 26.6 Å². The summed E-state index contributed by atoms with van der Waals surface area (Å²) in [4.78, 5) is 77.6. The summed E-state index contributed by atoms with van der Waals surface area (Å²) in [6.07, 6.45) is 2.02. The smallest absolute Gasteiger partial charge is 0.255 e. The Labute approximate surface area is 394 Å². The predicted molar refractivity (Wildman–Crippen MR) is 247 cm³/mol. The molecule has 0 saturated carbocycles. The van der Waals surface area contributed by atoms with E-state index < -0.39 is 23.6 Å². The molecule has 0 bridgehead atoms. The Morgan fingerprint density at radius 2 is 1.56 bits per heavy atom. The van der Waals surface area contributed by atoms with Gasteiger partial charge in [-0.1, -0.05) is 29.8 Å². The number of hydrogen-bond donors (Lipinski definition) is 5. The third-order valence-electron chi connectivity index (χ3n) is 11.2. The zero-order chi connectivity index (χ0) is 47.6. The number of carbonyl (C=O) groups is 5. The molecule has 0 radical (unpaired) electrons. The Morgan fingerprint density at radius 3 is 2.31 bits per heavy atom. The SMILES string of the molecule is O=C1CCC(N2Cc3c(NC(=O)CNCCOCCOCCOCCNC(=O)c4ccc(Nc5ncc6c(n5)-c5ccc(Cl)cc5C(c5c(F)cccc5F)=NC6)cc4)cccc3C2=O)C(=O)N1. The van der Waals surface area contributed by atoms with Crippen molar-refractivity contribution in [3.05, 3.63) is 135 Å². The number of aliphatic imine (C=N–C) groups is 1. The molecule has 1 aromatic heterocycles. The number of benzene rings is 4. The fourth-order valence-corrected chi connectivity index (χ4v) is 8.05. The number of anilines is 3. The van der Waals surface area contributed by atoms with Crippen LogP contribution in [0.2, 0.25) is 5.02 Å². The minimum Gasteiger partial charge on any atom is -0.378 e. The number of rotatable bonds is 20. The molecule has 17 nitrogen and oxygen atoms in total. The molecular weight excluding hydrogens is 904 g/mol. The zero-order valence-corrected chi connectivity index (χ0v) is 37.3. The summed E-state index contributed by atoms with van der Waals surface area (Å²) in [7, 11) is 0. The molecule has 68 heavy (non-hydrogen) atoms. The second-order valence-corrected chi connectivity index (χ2v) is 16.2. The average Bonchev–Trinajstić information content (AvgIpc) is 3.58. The first-order chi connectivity index (χ1) is 33.0. The Kier molecular flexibility index (Phi) is 15.5. The monoisotopic (exact) mass is 949 g/mol. The van der Waals surface area contributed by atoms with Gasteiger partial charge in [0.15, 0.2) is 0 Å². The van der Waals surface area contributed by atoms with E-state index in [1.807, 2.05) is 0 Å². The van der Waals surface area contributed by atoms with Gasteiger partial charge in [-0.15, -0.1) is 0 Å². The molecule has 4 heterocycles. The largest absolute Gasteiger partial charge is 0.378 e. The molecule has 5 aromatic rings. The lowest BCUT2D eigenvalue weighted by Gasteiger charge is -2.29. The van der Waals surface area contributed by atoms with Crippen molar-refractivity contribution in [2.75, 3.05) is 69.9 Å². The number of piperidine rings is 1. The molecule has 1 atom stereocenters. The van der Waals surface area contributed by atoms with E-state index in [2.05, 4.69) is 36.6 Å². The number of nitrogens with zero attached hydrogens (tertiary/aromatic N) is 4. The molecular formula is C48H46ClF2N9O8. The maximum atomic E-state index is 14.9. The van der Waals surface area contributed by atoms with Gasteiger partial charge in [-0.05, 0) is 67.1 Å². The van der Waals surface area contributed by atoms with Gasteiger partial charge in [0.1, 0.15) is 17.7 Å². The molecule has 8 rings (SSSR count). The fourth-order valence-electron chi connectivity index (χ4n) is 7.88. The summed E-state index contributed by atoms with van der Waals surface area (Å²) < 4.78 is 46.5.